The van der Waals surface area contributed by atoms with Gasteiger partial charge in [-0.2, -0.15) is 0 Å². The van der Waals surface area contributed by atoms with Gasteiger partial charge in [-0.05, 0) is 41.3 Å². The summed E-state index contributed by atoms with van der Waals surface area (Å²) in [6.45, 7) is 2.93. The molecule has 2 aromatic rings. The smallest absolute Gasteiger partial charge is 0.228 e. The van der Waals surface area contributed by atoms with Crippen LogP contribution in [0.15, 0.2) is 29.6 Å². The molecule has 0 bridgehead atoms. The van der Waals surface area contributed by atoms with Crippen molar-refractivity contribution in [2.75, 3.05) is 11.9 Å². The maximum atomic E-state index is 11.5. The zero-order valence-corrected chi connectivity index (χ0v) is 12.6. The van der Waals surface area contributed by atoms with Crippen molar-refractivity contribution in [2.24, 2.45) is 0 Å². The van der Waals surface area contributed by atoms with Crippen LogP contribution in [0.1, 0.15) is 29.0 Å². The standard InChI is InChI=1S/C15H15ClN2OS/c1-2-17-15(13-4-3-5-20-13)10-6-9-7-14(19)18-12(9)8-11(10)16/h3-6,8,15,17H,2,7H2,1H3,(H,18,19). The summed E-state index contributed by atoms with van der Waals surface area (Å²) in [5, 5.41) is 9.04. The first-order chi connectivity index (χ1) is 9.69. The van der Waals surface area contributed by atoms with E-state index in [2.05, 4.69) is 29.0 Å². The number of nitrogens with one attached hydrogen (secondary N) is 2. The number of thiophene rings is 1. The van der Waals surface area contributed by atoms with Crippen LogP contribution in [-0.2, 0) is 11.2 Å². The van der Waals surface area contributed by atoms with Crippen LogP contribution in [0.3, 0.4) is 0 Å². The molecule has 1 aromatic heterocycles. The first kappa shape index (κ1) is 13.6. The van der Waals surface area contributed by atoms with Gasteiger partial charge in [-0.15, -0.1) is 11.3 Å². The fourth-order valence-corrected chi connectivity index (χ4v) is 3.60. The van der Waals surface area contributed by atoms with E-state index in [9.17, 15) is 4.79 Å². The van der Waals surface area contributed by atoms with Crippen molar-refractivity contribution >= 4 is 34.5 Å². The van der Waals surface area contributed by atoms with Crippen LogP contribution in [-0.4, -0.2) is 12.5 Å². The molecule has 2 heterocycles. The Morgan fingerprint density at radius 3 is 3.05 bits per heavy atom. The van der Waals surface area contributed by atoms with Crippen molar-refractivity contribution in [2.45, 2.75) is 19.4 Å². The maximum Gasteiger partial charge on any atom is 0.228 e. The van der Waals surface area contributed by atoms with Crippen LogP contribution in [0, 0.1) is 0 Å². The van der Waals surface area contributed by atoms with Crippen LogP contribution >= 0.6 is 22.9 Å². The molecule has 0 aliphatic carbocycles. The lowest BCUT2D eigenvalue weighted by Crippen LogP contribution is -2.21. The predicted octanol–water partition coefficient (Wildman–Crippen LogP) is 3.60. The maximum absolute atomic E-state index is 11.5. The monoisotopic (exact) mass is 306 g/mol. The molecule has 0 saturated carbocycles. The lowest BCUT2D eigenvalue weighted by atomic mass is 10.0. The quantitative estimate of drug-likeness (QED) is 0.906. The number of carbonyl (C=O) groups excluding carboxylic acids is 1. The number of hydrogen-bond acceptors (Lipinski definition) is 3. The average molecular weight is 307 g/mol. The van der Waals surface area contributed by atoms with E-state index >= 15 is 0 Å². The van der Waals surface area contributed by atoms with E-state index < -0.39 is 0 Å². The van der Waals surface area contributed by atoms with Gasteiger partial charge >= 0.3 is 0 Å². The van der Waals surface area contributed by atoms with Crippen LogP contribution in [0.2, 0.25) is 5.02 Å². The average Bonchev–Trinajstić information content (AvgIpc) is 3.03. The van der Waals surface area contributed by atoms with Crippen LogP contribution in [0.25, 0.3) is 0 Å². The van der Waals surface area contributed by atoms with Crippen molar-refractivity contribution in [1.82, 2.24) is 5.32 Å². The molecule has 1 unspecified atom stereocenters. The largest absolute Gasteiger partial charge is 0.325 e. The van der Waals surface area contributed by atoms with Gasteiger partial charge in [-0.1, -0.05) is 24.6 Å². The van der Waals surface area contributed by atoms with Gasteiger partial charge in [-0.3, -0.25) is 4.79 Å². The van der Waals surface area contributed by atoms with Gasteiger partial charge in [0.05, 0.1) is 12.5 Å². The highest BCUT2D eigenvalue weighted by atomic mass is 35.5. The highest BCUT2D eigenvalue weighted by Crippen LogP contribution is 2.36. The Morgan fingerprint density at radius 2 is 2.35 bits per heavy atom. The molecule has 0 radical (unpaired) electrons. The third-order valence-electron chi connectivity index (χ3n) is 3.39. The SMILES string of the molecule is CCNC(c1cccs1)c1cc2c(cc1Cl)NC(=O)C2. The zero-order valence-electron chi connectivity index (χ0n) is 11.1. The lowest BCUT2D eigenvalue weighted by molar-refractivity contribution is -0.115. The summed E-state index contributed by atoms with van der Waals surface area (Å²) in [5.41, 5.74) is 2.89. The minimum atomic E-state index is 0.0318. The highest BCUT2D eigenvalue weighted by molar-refractivity contribution is 7.10. The Morgan fingerprint density at radius 1 is 1.50 bits per heavy atom. The summed E-state index contributed by atoms with van der Waals surface area (Å²) in [7, 11) is 0. The fraction of sp³-hybridized carbons (Fsp3) is 0.267. The first-order valence-electron chi connectivity index (χ1n) is 6.58. The summed E-state index contributed by atoms with van der Waals surface area (Å²) >= 11 is 8.12. The van der Waals surface area contributed by atoms with Crippen LogP contribution in [0.4, 0.5) is 5.69 Å². The molecule has 1 aliphatic rings. The topological polar surface area (TPSA) is 41.1 Å². The molecule has 1 atom stereocenters. The molecule has 1 aliphatic heterocycles. The molecule has 20 heavy (non-hydrogen) atoms. The Hall–Kier alpha value is -1.36. The van der Waals surface area contributed by atoms with E-state index in [1.54, 1.807) is 11.3 Å². The van der Waals surface area contributed by atoms with E-state index in [0.717, 1.165) is 23.4 Å². The number of halogens is 1. The number of fused-ring (bicyclic) bond motifs is 1. The van der Waals surface area contributed by atoms with Crippen LogP contribution in [0.5, 0.6) is 0 Å². The lowest BCUT2D eigenvalue weighted by Gasteiger charge is -2.19. The van der Waals surface area contributed by atoms with Crippen LogP contribution < -0.4 is 10.6 Å². The molecule has 1 aromatic carbocycles. The minimum absolute atomic E-state index is 0.0318. The second-order valence-corrected chi connectivity index (χ2v) is 6.15. The zero-order chi connectivity index (χ0) is 14.1. The van der Waals surface area contributed by atoms with Gasteiger partial charge < -0.3 is 10.6 Å². The van der Waals surface area contributed by atoms with E-state index in [-0.39, 0.29) is 11.9 Å². The van der Waals surface area contributed by atoms with Gasteiger partial charge in [0.2, 0.25) is 5.91 Å². The Labute approximate surface area is 127 Å². The summed E-state index contributed by atoms with van der Waals surface area (Å²) in [6.07, 6.45) is 0.433. The van der Waals surface area contributed by atoms with Gasteiger partial charge in [-0.25, -0.2) is 0 Å². The second-order valence-electron chi connectivity index (χ2n) is 4.76. The second kappa shape index (κ2) is 5.56. The van der Waals surface area contributed by atoms with Gasteiger partial charge in [0.15, 0.2) is 0 Å². The predicted molar refractivity (Wildman–Crippen MR) is 83.6 cm³/mol. The Kier molecular flexibility index (Phi) is 3.78. The Balaban J connectivity index is 2.04. The molecule has 1 amide bonds. The summed E-state index contributed by atoms with van der Waals surface area (Å²) in [6, 6.07) is 8.12. The molecular formula is C15H15ClN2OS. The fourth-order valence-electron chi connectivity index (χ4n) is 2.51. The molecule has 0 spiro atoms. The molecule has 104 valence electrons. The van der Waals surface area contributed by atoms with E-state index in [1.165, 1.54) is 4.88 Å². The molecule has 3 rings (SSSR count). The normalized spacial score (nSPS) is 15.0. The van der Waals surface area contributed by atoms with E-state index in [4.69, 9.17) is 11.6 Å². The summed E-state index contributed by atoms with van der Waals surface area (Å²) in [4.78, 5) is 12.7. The molecular weight excluding hydrogens is 292 g/mol. The number of benzene rings is 1. The first-order valence-corrected chi connectivity index (χ1v) is 7.83. The van der Waals surface area contributed by atoms with Crippen molar-refractivity contribution in [3.8, 4) is 0 Å². The third kappa shape index (κ3) is 2.46. The van der Waals surface area contributed by atoms with Crippen molar-refractivity contribution in [1.29, 1.82) is 0 Å². The molecule has 0 fully saturated rings. The van der Waals surface area contributed by atoms with Crippen molar-refractivity contribution in [3.63, 3.8) is 0 Å². The van der Waals surface area contributed by atoms with Crippen molar-refractivity contribution in [3.05, 3.63) is 50.7 Å². The van der Waals surface area contributed by atoms with Crippen molar-refractivity contribution < 1.29 is 4.79 Å². The van der Waals surface area contributed by atoms with Gasteiger partial charge in [0, 0.05) is 15.6 Å². The molecule has 5 heteroatoms. The number of anilines is 1. The Bertz CT molecular complexity index is 640. The van der Waals surface area contributed by atoms with Gasteiger partial charge in [0.25, 0.3) is 0 Å². The van der Waals surface area contributed by atoms with E-state index in [0.29, 0.717) is 11.4 Å². The minimum Gasteiger partial charge on any atom is -0.325 e. The molecule has 0 saturated heterocycles. The number of carbonyl (C=O) groups is 1. The summed E-state index contributed by atoms with van der Waals surface area (Å²) < 4.78 is 0. The summed E-state index contributed by atoms with van der Waals surface area (Å²) in [5.74, 6) is 0.0318. The molecule has 2 N–H and O–H groups in total. The third-order valence-corrected chi connectivity index (χ3v) is 4.66. The van der Waals surface area contributed by atoms with Gasteiger partial charge in [0.1, 0.15) is 0 Å². The molecule has 3 nitrogen and oxygen atoms in total. The number of rotatable bonds is 4. The van der Waals surface area contributed by atoms with E-state index in [1.807, 2.05) is 18.2 Å². The highest BCUT2D eigenvalue weighted by Gasteiger charge is 2.23. The number of amides is 1. The number of hydrogen-bond donors (Lipinski definition) is 2.